The molecule has 0 saturated heterocycles. The molecule has 0 bridgehead atoms. The minimum atomic E-state index is -0.354. The van der Waals surface area contributed by atoms with Crippen LogP contribution in [-0.2, 0) is 16.1 Å². The average Bonchev–Trinajstić information content (AvgIpc) is 2.76. The molecule has 1 aromatic heterocycles. The van der Waals surface area contributed by atoms with Crippen LogP contribution in [0.25, 0.3) is 0 Å². The third-order valence-corrected chi connectivity index (χ3v) is 4.09. The van der Waals surface area contributed by atoms with Gasteiger partial charge in [-0.05, 0) is 36.8 Å². The zero-order chi connectivity index (χ0) is 21.1. The summed E-state index contributed by atoms with van der Waals surface area (Å²) in [6, 6.07) is 10.6. The summed E-state index contributed by atoms with van der Waals surface area (Å²) in [7, 11) is 3.17. The van der Waals surface area contributed by atoms with Crippen molar-refractivity contribution in [2.24, 2.45) is 0 Å². The van der Waals surface area contributed by atoms with Crippen molar-refractivity contribution in [2.45, 2.75) is 19.6 Å². The van der Waals surface area contributed by atoms with E-state index in [1.165, 1.54) is 12.3 Å². The highest BCUT2D eigenvalue weighted by Crippen LogP contribution is 2.12. The number of rotatable bonds is 11. The lowest BCUT2D eigenvalue weighted by Crippen LogP contribution is -2.32. The molecular formula is C21H27N3O5. The number of carbonyl (C=O) groups excluding carboxylic acids is 2. The molecule has 1 heterocycles. The first kappa shape index (κ1) is 22.3. The van der Waals surface area contributed by atoms with Gasteiger partial charge < -0.3 is 24.8 Å². The molecule has 0 aliphatic rings. The van der Waals surface area contributed by atoms with E-state index in [2.05, 4.69) is 15.6 Å². The average molecular weight is 401 g/mol. The molecule has 1 aromatic carbocycles. The van der Waals surface area contributed by atoms with Gasteiger partial charge in [0.15, 0.2) is 0 Å². The van der Waals surface area contributed by atoms with Gasteiger partial charge in [-0.2, -0.15) is 0 Å². The number of carbonyl (C=O) groups is 2. The maximum absolute atomic E-state index is 12.4. The lowest BCUT2D eigenvalue weighted by Gasteiger charge is -2.14. The highest BCUT2D eigenvalue weighted by Gasteiger charge is 2.12. The van der Waals surface area contributed by atoms with Crippen LogP contribution in [0.2, 0.25) is 0 Å². The fourth-order valence-electron chi connectivity index (χ4n) is 2.41. The molecule has 2 N–H and O–H groups in total. The largest absolute Gasteiger partial charge is 0.497 e. The number of pyridine rings is 1. The van der Waals surface area contributed by atoms with E-state index in [4.69, 9.17) is 14.2 Å². The maximum Gasteiger partial charge on any atom is 0.269 e. The van der Waals surface area contributed by atoms with E-state index in [-0.39, 0.29) is 23.6 Å². The van der Waals surface area contributed by atoms with Crippen LogP contribution in [-0.4, -0.2) is 56.8 Å². The van der Waals surface area contributed by atoms with Crippen molar-refractivity contribution in [3.63, 3.8) is 0 Å². The second-order valence-electron chi connectivity index (χ2n) is 6.36. The summed E-state index contributed by atoms with van der Waals surface area (Å²) in [5.74, 6) is 0.143. The molecule has 0 saturated carbocycles. The number of nitrogens with zero attached hydrogens (tertiary/aromatic N) is 1. The molecule has 1 atom stereocenters. The molecule has 0 fully saturated rings. The lowest BCUT2D eigenvalue weighted by atomic mass is 10.2. The van der Waals surface area contributed by atoms with Crippen LogP contribution < -0.4 is 15.4 Å². The van der Waals surface area contributed by atoms with Crippen LogP contribution in [0.1, 0.15) is 33.3 Å². The molecule has 2 amide bonds. The summed E-state index contributed by atoms with van der Waals surface area (Å²) in [5, 5.41) is 5.48. The molecule has 29 heavy (non-hydrogen) atoms. The molecule has 0 radical (unpaired) electrons. The first-order chi connectivity index (χ1) is 14.0. The number of amides is 2. The van der Waals surface area contributed by atoms with E-state index < -0.39 is 0 Å². The van der Waals surface area contributed by atoms with Crippen molar-refractivity contribution >= 4 is 11.8 Å². The van der Waals surface area contributed by atoms with E-state index in [1.54, 1.807) is 20.3 Å². The SMILES string of the molecule is COCCNC(=O)c1cc(C(=O)NCC(C)OCc2ccc(OC)cc2)ccn1. The van der Waals surface area contributed by atoms with Crippen LogP contribution in [0, 0.1) is 0 Å². The van der Waals surface area contributed by atoms with Gasteiger partial charge in [0.05, 0.1) is 26.4 Å². The van der Waals surface area contributed by atoms with Crippen LogP contribution in [0.3, 0.4) is 0 Å². The molecule has 2 rings (SSSR count). The van der Waals surface area contributed by atoms with Gasteiger partial charge in [0.25, 0.3) is 11.8 Å². The Labute approximate surface area is 170 Å². The number of aromatic nitrogens is 1. The molecular weight excluding hydrogens is 374 g/mol. The molecule has 1 unspecified atom stereocenters. The van der Waals surface area contributed by atoms with Gasteiger partial charge in [0, 0.05) is 32.0 Å². The van der Waals surface area contributed by atoms with Crippen molar-refractivity contribution in [1.82, 2.24) is 15.6 Å². The van der Waals surface area contributed by atoms with E-state index in [0.717, 1.165) is 11.3 Å². The van der Waals surface area contributed by atoms with E-state index in [9.17, 15) is 9.59 Å². The number of benzene rings is 1. The third kappa shape index (κ3) is 7.52. The predicted molar refractivity (Wildman–Crippen MR) is 108 cm³/mol. The molecule has 0 spiro atoms. The fourth-order valence-corrected chi connectivity index (χ4v) is 2.41. The molecule has 2 aromatic rings. The van der Waals surface area contributed by atoms with E-state index >= 15 is 0 Å². The Hall–Kier alpha value is -2.97. The Bertz CT molecular complexity index is 795. The molecule has 0 aliphatic carbocycles. The van der Waals surface area contributed by atoms with Gasteiger partial charge in [-0.1, -0.05) is 12.1 Å². The number of nitrogens with one attached hydrogen (secondary N) is 2. The highest BCUT2D eigenvalue weighted by molar-refractivity contribution is 5.98. The molecule has 8 heteroatoms. The summed E-state index contributed by atoms with van der Waals surface area (Å²) in [4.78, 5) is 28.4. The first-order valence-corrected chi connectivity index (χ1v) is 9.29. The summed E-state index contributed by atoms with van der Waals surface area (Å²) >= 11 is 0. The molecule has 156 valence electrons. The Kier molecular flexibility index (Phi) is 9.07. The van der Waals surface area contributed by atoms with Crippen LogP contribution >= 0.6 is 0 Å². The van der Waals surface area contributed by atoms with Gasteiger partial charge in [-0.3, -0.25) is 14.6 Å². The van der Waals surface area contributed by atoms with Crippen molar-refractivity contribution in [3.8, 4) is 5.75 Å². The summed E-state index contributed by atoms with van der Waals surface area (Å²) in [6.07, 6.45) is 1.25. The molecule has 8 nitrogen and oxygen atoms in total. The smallest absolute Gasteiger partial charge is 0.269 e. The van der Waals surface area contributed by atoms with E-state index in [1.807, 2.05) is 31.2 Å². The summed E-state index contributed by atoms with van der Waals surface area (Å²) in [5.41, 5.74) is 1.55. The number of hydrogen-bond donors (Lipinski definition) is 2. The Balaban J connectivity index is 1.80. The third-order valence-electron chi connectivity index (χ3n) is 4.09. The van der Waals surface area contributed by atoms with Crippen LogP contribution in [0.15, 0.2) is 42.6 Å². The van der Waals surface area contributed by atoms with E-state index in [0.29, 0.717) is 31.9 Å². The van der Waals surface area contributed by atoms with Crippen LogP contribution in [0.4, 0.5) is 0 Å². The zero-order valence-electron chi connectivity index (χ0n) is 16.9. The Morgan fingerprint density at radius 3 is 2.52 bits per heavy atom. The van der Waals surface area contributed by atoms with Gasteiger partial charge in [0.1, 0.15) is 11.4 Å². The maximum atomic E-state index is 12.4. The Morgan fingerprint density at radius 1 is 1.07 bits per heavy atom. The molecule has 0 aliphatic heterocycles. The quantitative estimate of drug-likeness (QED) is 0.557. The topological polar surface area (TPSA) is 98.8 Å². The van der Waals surface area contributed by atoms with Gasteiger partial charge in [-0.15, -0.1) is 0 Å². The minimum Gasteiger partial charge on any atom is -0.497 e. The second-order valence-corrected chi connectivity index (χ2v) is 6.36. The van der Waals surface area contributed by atoms with Crippen molar-refractivity contribution in [1.29, 1.82) is 0 Å². The van der Waals surface area contributed by atoms with Crippen molar-refractivity contribution in [2.75, 3.05) is 33.9 Å². The summed E-state index contributed by atoms with van der Waals surface area (Å²) in [6.45, 7) is 3.43. The van der Waals surface area contributed by atoms with Gasteiger partial charge >= 0.3 is 0 Å². The lowest BCUT2D eigenvalue weighted by molar-refractivity contribution is 0.0509. The summed E-state index contributed by atoms with van der Waals surface area (Å²) < 4.78 is 15.8. The highest BCUT2D eigenvalue weighted by atomic mass is 16.5. The first-order valence-electron chi connectivity index (χ1n) is 9.29. The number of ether oxygens (including phenoxy) is 3. The second kappa shape index (κ2) is 11.8. The van der Waals surface area contributed by atoms with Crippen LogP contribution in [0.5, 0.6) is 5.75 Å². The monoisotopic (exact) mass is 401 g/mol. The van der Waals surface area contributed by atoms with Gasteiger partial charge in [0.2, 0.25) is 0 Å². The minimum absolute atomic E-state index is 0.178. The van der Waals surface area contributed by atoms with Crippen molar-refractivity contribution in [3.05, 3.63) is 59.4 Å². The zero-order valence-corrected chi connectivity index (χ0v) is 16.9. The number of hydrogen-bond acceptors (Lipinski definition) is 6. The predicted octanol–water partition coefficient (Wildman–Crippen LogP) is 1.80. The van der Waals surface area contributed by atoms with Gasteiger partial charge in [-0.25, -0.2) is 0 Å². The Morgan fingerprint density at radius 2 is 1.83 bits per heavy atom. The van der Waals surface area contributed by atoms with Crippen molar-refractivity contribution < 1.29 is 23.8 Å². The number of methoxy groups -OCH3 is 2. The normalized spacial score (nSPS) is 11.6. The fraction of sp³-hybridized carbons (Fsp3) is 0.381. The standard InChI is InChI=1S/C21H27N3O5/c1-15(29-14-16-4-6-18(28-3)7-5-16)13-24-20(25)17-8-9-22-19(12-17)21(26)23-10-11-27-2/h4-9,12,15H,10-11,13-14H2,1-3H3,(H,23,26)(H,24,25).